The maximum atomic E-state index is 11.7. The second-order valence-corrected chi connectivity index (χ2v) is 3.13. The van der Waals surface area contributed by atoms with Crippen molar-refractivity contribution in [2.75, 3.05) is 13.2 Å². The van der Waals surface area contributed by atoms with Gasteiger partial charge in [-0.2, -0.15) is 0 Å². The van der Waals surface area contributed by atoms with Gasteiger partial charge in [-0.05, 0) is 12.1 Å². The normalized spacial score (nSPS) is 15.4. The Morgan fingerprint density at radius 2 is 2.00 bits per heavy atom. The molecule has 1 aromatic rings. The summed E-state index contributed by atoms with van der Waals surface area (Å²) >= 11 is 0. The molecular weight excluding hydrogens is 180 g/mol. The van der Waals surface area contributed by atoms with E-state index in [1.165, 1.54) is 4.90 Å². The molecule has 4 heteroatoms. The molecule has 0 radical (unpaired) electrons. The summed E-state index contributed by atoms with van der Waals surface area (Å²) in [5, 5.41) is 2.59. The maximum Gasteiger partial charge on any atom is 0.255 e. The van der Waals surface area contributed by atoms with E-state index in [0.29, 0.717) is 12.2 Å². The predicted molar refractivity (Wildman–Crippen MR) is 50.5 cm³/mol. The Bertz CT molecular complexity index is 362. The summed E-state index contributed by atoms with van der Waals surface area (Å²) in [4.78, 5) is 24.1. The van der Waals surface area contributed by atoms with Crippen LogP contribution >= 0.6 is 0 Å². The first-order valence-electron chi connectivity index (χ1n) is 4.38. The van der Waals surface area contributed by atoms with E-state index in [1.54, 1.807) is 24.3 Å². The number of carbonyl (C=O) groups is 2. The van der Waals surface area contributed by atoms with Gasteiger partial charge in [0.15, 0.2) is 0 Å². The van der Waals surface area contributed by atoms with Crippen LogP contribution in [0.2, 0.25) is 0 Å². The first-order chi connectivity index (χ1) is 6.77. The van der Waals surface area contributed by atoms with E-state index in [4.69, 9.17) is 0 Å². The highest BCUT2D eigenvalue weighted by Crippen LogP contribution is 2.05. The Balaban J connectivity index is 2.13. The number of benzene rings is 1. The monoisotopic (exact) mass is 190 g/mol. The maximum absolute atomic E-state index is 11.7. The van der Waals surface area contributed by atoms with Crippen molar-refractivity contribution in [1.29, 1.82) is 0 Å². The molecule has 1 saturated heterocycles. The van der Waals surface area contributed by atoms with Crippen LogP contribution in [-0.2, 0) is 4.79 Å². The van der Waals surface area contributed by atoms with Crippen molar-refractivity contribution in [1.82, 2.24) is 10.2 Å². The van der Waals surface area contributed by atoms with Crippen LogP contribution in [0.1, 0.15) is 10.4 Å². The first-order valence-corrected chi connectivity index (χ1v) is 4.38. The molecule has 14 heavy (non-hydrogen) atoms. The lowest BCUT2D eigenvalue weighted by Gasteiger charge is -2.12. The van der Waals surface area contributed by atoms with Crippen LogP contribution in [0.15, 0.2) is 30.3 Å². The van der Waals surface area contributed by atoms with Crippen molar-refractivity contribution >= 4 is 11.8 Å². The van der Waals surface area contributed by atoms with Crippen LogP contribution in [0.25, 0.3) is 0 Å². The minimum absolute atomic E-state index is 0.103. The van der Waals surface area contributed by atoms with Gasteiger partial charge in [0.05, 0.1) is 6.67 Å². The zero-order valence-electron chi connectivity index (χ0n) is 7.56. The van der Waals surface area contributed by atoms with Gasteiger partial charge in [-0.3, -0.25) is 9.59 Å². The van der Waals surface area contributed by atoms with Crippen LogP contribution in [0.3, 0.4) is 0 Å². The second kappa shape index (κ2) is 3.49. The quantitative estimate of drug-likeness (QED) is 0.688. The highest BCUT2D eigenvalue weighted by molar-refractivity contribution is 5.97. The van der Waals surface area contributed by atoms with Gasteiger partial charge in [0.25, 0.3) is 5.91 Å². The fraction of sp³-hybridized carbons (Fsp3) is 0.200. The van der Waals surface area contributed by atoms with Crippen LogP contribution < -0.4 is 5.32 Å². The molecular formula is C10H10N2O2. The molecule has 0 aliphatic carbocycles. The summed E-state index contributed by atoms with van der Waals surface area (Å²) in [6.07, 6.45) is 0. The minimum Gasteiger partial charge on any atom is -0.337 e. The number of hydrogen-bond acceptors (Lipinski definition) is 2. The molecule has 0 atom stereocenters. The molecule has 0 saturated carbocycles. The zero-order chi connectivity index (χ0) is 9.97. The summed E-state index contributed by atoms with van der Waals surface area (Å²) in [5.41, 5.74) is 0.615. The van der Waals surface area contributed by atoms with Gasteiger partial charge in [-0.15, -0.1) is 0 Å². The highest BCUT2D eigenvalue weighted by atomic mass is 16.2. The van der Waals surface area contributed by atoms with Crippen molar-refractivity contribution in [2.45, 2.75) is 0 Å². The first kappa shape index (κ1) is 8.74. The van der Waals surface area contributed by atoms with Gasteiger partial charge >= 0.3 is 0 Å². The average Bonchev–Trinajstić information content (AvgIpc) is 2.65. The predicted octanol–water partition coefficient (Wildman–Crippen LogP) is 0.216. The van der Waals surface area contributed by atoms with E-state index >= 15 is 0 Å². The molecule has 4 nitrogen and oxygen atoms in total. The molecule has 1 aliphatic rings. The van der Waals surface area contributed by atoms with E-state index in [9.17, 15) is 9.59 Å². The molecule has 0 unspecified atom stereocenters. The van der Waals surface area contributed by atoms with Gasteiger partial charge in [0.1, 0.15) is 6.54 Å². The van der Waals surface area contributed by atoms with Gasteiger partial charge < -0.3 is 10.2 Å². The lowest BCUT2D eigenvalue weighted by molar-refractivity contribution is -0.118. The van der Waals surface area contributed by atoms with E-state index in [-0.39, 0.29) is 18.4 Å². The van der Waals surface area contributed by atoms with Gasteiger partial charge in [-0.1, -0.05) is 18.2 Å². The molecule has 2 rings (SSSR count). The van der Waals surface area contributed by atoms with Crippen LogP contribution in [-0.4, -0.2) is 29.9 Å². The van der Waals surface area contributed by atoms with Crippen molar-refractivity contribution in [2.24, 2.45) is 0 Å². The van der Waals surface area contributed by atoms with Crippen molar-refractivity contribution in [3.63, 3.8) is 0 Å². The SMILES string of the molecule is O=C1CN(C(=O)c2ccccc2)CN1. The molecule has 1 N–H and O–H groups in total. The number of hydrogen-bond donors (Lipinski definition) is 1. The summed E-state index contributed by atoms with van der Waals surface area (Å²) in [6, 6.07) is 8.94. The van der Waals surface area contributed by atoms with Gasteiger partial charge in [-0.25, -0.2) is 0 Å². The van der Waals surface area contributed by atoms with Gasteiger partial charge in [0.2, 0.25) is 5.91 Å². The summed E-state index contributed by atoms with van der Waals surface area (Å²) in [7, 11) is 0. The van der Waals surface area contributed by atoms with E-state index in [2.05, 4.69) is 5.32 Å². The third-order valence-corrected chi connectivity index (χ3v) is 2.11. The Morgan fingerprint density at radius 3 is 2.57 bits per heavy atom. The smallest absolute Gasteiger partial charge is 0.255 e. The largest absolute Gasteiger partial charge is 0.337 e. The molecule has 2 amide bonds. The Hall–Kier alpha value is -1.84. The lowest BCUT2D eigenvalue weighted by Crippen LogP contribution is -2.29. The molecule has 0 spiro atoms. The summed E-state index contributed by atoms with van der Waals surface area (Å²) in [5.74, 6) is -0.210. The van der Waals surface area contributed by atoms with E-state index < -0.39 is 0 Å². The summed E-state index contributed by atoms with van der Waals surface area (Å²) in [6.45, 7) is 0.473. The molecule has 1 heterocycles. The molecule has 0 bridgehead atoms. The Kier molecular flexibility index (Phi) is 2.18. The third-order valence-electron chi connectivity index (χ3n) is 2.11. The third kappa shape index (κ3) is 1.59. The number of amides is 2. The number of nitrogens with zero attached hydrogens (tertiary/aromatic N) is 1. The molecule has 0 aromatic heterocycles. The molecule has 72 valence electrons. The average molecular weight is 190 g/mol. The van der Waals surface area contributed by atoms with Crippen molar-refractivity contribution in [3.05, 3.63) is 35.9 Å². The number of rotatable bonds is 1. The zero-order valence-corrected chi connectivity index (χ0v) is 7.56. The fourth-order valence-electron chi connectivity index (χ4n) is 1.38. The molecule has 1 aliphatic heterocycles. The summed E-state index contributed by atoms with van der Waals surface area (Å²) < 4.78 is 0. The number of nitrogens with one attached hydrogen (secondary N) is 1. The highest BCUT2D eigenvalue weighted by Gasteiger charge is 2.23. The molecule has 1 aromatic carbocycles. The minimum atomic E-state index is -0.107. The van der Waals surface area contributed by atoms with Crippen molar-refractivity contribution < 1.29 is 9.59 Å². The topological polar surface area (TPSA) is 49.4 Å². The lowest BCUT2D eigenvalue weighted by atomic mass is 10.2. The van der Waals surface area contributed by atoms with Crippen LogP contribution in [0.4, 0.5) is 0 Å². The standard InChI is InChI=1S/C10H10N2O2/c13-9-6-12(7-11-9)10(14)8-4-2-1-3-5-8/h1-5H,6-7H2,(H,11,13). The molecule has 1 fully saturated rings. The van der Waals surface area contributed by atoms with E-state index in [0.717, 1.165) is 0 Å². The van der Waals surface area contributed by atoms with Gasteiger partial charge in [0, 0.05) is 5.56 Å². The second-order valence-electron chi connectivity index (χ2n) is 3.13. The fourth-order valence-corrected chi connectivity index (χ4v) is 1.38. The van der Waals surface area contributed by atoms with Crippen LogP contribution in [0, 0.1) is 0 Å². The van der Waals surface area contributed by atoms with E-state index in [1.807, 2.05) is 6.07 Å². The Morgan fingerprint density at radius 1 is 1.29 bits per heavy atom. The van der Waals surface area contributed by atoms with Crippen LogP contribution in [0.5, 0.6) is 0 Å². The number of carbonyl (C=O) groups excluding carboxylic acids is 2. The van der Waals surface area contributed by atoms with Crippen molar-refractivity contribution in [3.8, 4) is 0 Å². The Labute approximate surface area is 81.5 Å².